The monoisotopic (exact) mass is 324 g/mol. The lowest BCUT2D eigenvalue weighted by Gasteiger charge is -2.16. The molecule has 4 rings (SSSR count). The minimum Gasteiger partial charge on any atom is -0.493 e. The molecule has 0 saturated carbocycles. The molecule has 0 radical (unpaired) electrons. The smallest absolute Gasteiger partial charge is 0.253 e. The van der Waals surface area contributed by atoms with E-state index in [2.05, 4.69) is 4.98 Å². The lowest BCUT2D eigenvalue weighted by Crippen LogP contribution is -2.26. The first-order chi connectivity index (χ1) is 11.6. The van der Waals surface area contributed by atoms with Gasteiger partial charge in [0.05, 0.1) is 13.2 Å². The van der Waals surface area contributed by atoms with Gasteiger partial charge in [-0.2, -0.15) is 0 Å². The zero-order chi connectivity index (χ0) is 16.7. The summed E-state index contributed by atoms with van der Waals surface area (Å²) in [5.41, 5.74) is 3.47. The third-order valence-corrected chi connectivity index (χ3v) is 4.33. The number of fused-ring (bicyclic) bond motifs is 2. The molecule has 0 bridgehead atoms. The fourth-order valence-corrected chi connectivity index (χ4v) is 3.12. The lowest BCUT2D eigenvalue weighted by molar-refractivity contribution is 0.0783. The molecule has 0 atom stereocenters. The zero-order valence-corrected chi connectivity index (χ0v) is 13.3. The molecule has 5 heteroatoms. The van der Waals surface area contributed by atoms with Gasteiger partial charge < -0.3 is 14.6 Å². The number of aromatic nitrogens is 1. The maximum absolute atomic E-state index is 13.3. The summed E-state index contributed by atoms with van der Waals surface area (Å²) < 4.78 is 18.8. The van der Waals surface area contributed by atoms with E-state index >= 15 is 0 Å². The normalized spacial score (nSPS) is 12.9. The molecule has 0 fully saturated rings. The number of nitrogens with zero attached hydrogens (tertiary/aromatic N) is 1. The topological polar surface area (TPSA) is 45.3 Å². The lowest BCUT2D eigenvalue weighted by atomic mass is 10.1. The van der Waals surface area contributed by atoms with E-state index in [4.69, 9.17) is 4.74 Å². The Morgan fingerprint density at radius 1 is 1.25 bits per heavy atom. The molecule has 0 unspecified atom stereocenters. The van der Waals surface area contributed by atoms with Gasteiger partial charge in [0.25, 0.3) is 5.91 Å². The molecule has 1 amide bonds. The van der Waals surface area contributed by atoms with Crippen LogP contribution < -0.4 is 4.74 Å². The highest BCUT2D eigenvalue weighted by Gasteiger charge is 2.18. The van der Waals surface area contributed by atoms with Crippen molar-refractivity contribution < 1.29 is 13.9 Å². The number of amides is 1. The summed E-state index contributed by atoms with van der Waals surface area (Å²) in [5, 5.41) is 0.806. The average Bonchev–Trinajstić information content (AvgIpc) is 3.18. The van der Waals surface area contributed by atoms with Gasteiger partial charge in [0.1, 0.15) is 11.6 Å². The molecule has 1 aliphatic heterocycles. The van der Waals surface area contributed by atoms with Crippen LogP contribution in [0.4, 0.5) is 4.39 Å². The van der Waals surface area contributed by atoms with E-state index in [1.165, 1.54) is 12.1 Å². The van der Waals surface area contributed by atoms with E-state index < -0.39 is 0 Å². The third-order valence-electron chi connectivity index (χ3n) is 4.33. The van der Waals surface area contributed by atoms with Crippen molar-refractivity contribution in [3.63, 3.8) is 0 Å². The van der Waals surface area contributed by atoms with Crippen molar-refractivity contribution in [3.05, 3.63) is 65.1 Å². The number of carbonyl (C=O) groups is 1. The van der Waals surface area contributed by atoms with Crippen LogP contribution in [0, 0.1) is 5.82 Å². The predicted octanol–water partition coefficient (Wildman–Crippen LogP) is 3.51. The standard InChI is InChI=1S/C19H17FN2O2/c1-22(11-16-10-14-9-15(20)3-4-17(14)21-16)19(23)13-2-5-18-12(8-13)6-7-24-18/h2-5,8-10,21H,6-7,11H2,1H3. The molecule has 4 nitrogen and oxygen atoms in total. The van der Waals surface area contributed by atoms with Crippen LogP contribution in [-0.2, 0) is 13.0 Å². The number of benzene rings is 2. The number of H-pyrrole nitrogens is 1. The zero-order valence-electron chi connectivity index (χ0n) is 13.3. The molecule has 24 heavy (non-hydrogen) atoms. The molecule has 1 aromatic heterocycles. The van der Waals surface area contributed by atoms with Gasteiger partial charge in [0.2, 0.25) is 0 Å². The Morgan fingerprint density at radius 2 is 2.12 bits per heavy atom. The molecular weight excluding hydrogens is 307 g/mol. The van der Waals surface area contributed by atoms with Crippen LogP contribution in [-0.4, -0.2) is 29.4 Å². The Bertz CT molecular complexity index is 932. The number of rotatable bonds is 3. The van der Waals surface area contributed by atoms with E-state index in [9.17, 15) is 9.18 Å². The van der Waals surface area contributed by atoms with E-state index in [1.807, 2.05) is 18.2 Å². The summed E-state index contributed by atoms with van der Waals surface area (Å²) in [6.07, 6.45) is 0.841. The first-order valence-corrected chi connectivity index (χ1v) is 7.88. The molecule has 3 aromatic rings. The summed E-state index contributed by atoms with van der Waals surface area (Å²) >= 11 is 0. The molecular formula is C19H17FN2O2. The van der Waals surface area contributed by atoms with E-state index in [0.29, 0.717) is 18.7 Å². The average molecular weight is 324 g/mol. The van der Waals surface area contributed by atoms with Crippen LogP contribution in [0.15, 0.2) is 42.5 Å². The maximum atomic E-state index is 13.3. The second-order valence-electron chi connectivity index (χ2n) is 6.11. The minimum absolute atomic E-state index is 0.0467. The molecule has 1 N–H and O–H groups in total. The van der Waals surface area contributed by atoms with Crippen LogP contribution in [0.2, 0.25) is 0 Å². The first kappa shape index (κ1) is 14.8. The van der Waals surface area contributed by atoms with Crippen molar-refractivity contribution >= 4 is 16.8 Å². The summed E-state index contributed by atoms with van der Waals surface area (Å²) in [6.45, 7) is 1.11. The molecule has 122 valence electrons. The molecule has 0 aliphatic carbocycles. The van der Waals surface area contributed by atoms with Gasteiger partial charge in [-0.05, 0) is 48.0 Å². The van der Waals surface area contributed by atoms with Gasteiger partial charge >= 0.3 is 0 Å². The number of ether oxygens (including phenoxy) is 1. The largest absolute Gasteiger partial charge is 0.493 e. The minimum atomic E-state index is -0.266. The quantitative estimate of drug-likeness (QED) is 0.801. The Balaban J connectivity index is 1.54. The Labute approximate surface area is 138 Å². The van der Waals surface area contributed by atoms with Crippen molar-refractivity contribution in [2.45, 2.75) is 13.0 Å². The number of carbonyl (C=O) groups excluding carboxylic acids is 1. The van der Waals surface area contributed by atoms with Crippen LogP contribution in [0.25, 0.3) is 10.9 Å². The van der Waals surface area contributed by atoms with Crippen molar-refractivity contribution in [1.29, 1.82) is 0 Å². The maximum Gasteiger partial charge on any atom is 0.253 e. The highest BCUT2D eigenvalue weighted by atomic mass is 19.1. The SMILES string of the molecule is CN(Cc1cc2cc(F)ccc2[nH]1)C(=O)c1ccc2c(c1)CCO2. The number of halogens is 1. The fourth-order valence-electron chi connectivity index (χ4n) is 3.12. The van der Waals surface area contributed by atoms with Crippen LogP contribution >= 0.6 is 0 Å². The van der Waals surface area contributed by atoms with E-state index in [0.717, 1.165) is 34.3 Å². The van der Waals surface area contributed by atoms with Gasteiger partial charge in [-0.15, -0.1) is 0 Å². The van der Waals surface area contributed by atoms with E-state index in [1.54, 1.807) is 24.1 Å². The van der Waals surface area contributed by atoms with Gasteiger partial charge in [0, 0.05) is 35.6 Å². The number of nitrogens with one attached hydrogen (secondary N) is 1. The first-order valence-electron chi connectivity index (χ1n) is 7.88. The summed E-state index contributed by atoms with van der Waals surface area (Å²) in [5.74, 6) is 0.555. The Kier molecular flexibility index (Phi) is 3.49. The van der Waals surface area contributed by atoms with Crippen LogP contribution in [0.3, 0.4) is 0 Å². The summed E-state index contributed by atoms with van der Waals surface area (Å²) in [7, 11) is 1.76. The van der Waals surface area contributed by atoms with Gasteiger partial charge in [0.15, 0.2) is 0 Å². The van der Waals surface area contributed by atoms with Gasteiger partial charge in [-0.3, -0.25) is 4.79 Å². The summed E-state index contributed by atoms with van der Waals surface area (Å²) in [4.78, 5) is 17.5. The number of hydrogen-bond donors (Lipinski definition) is 1. The van der Waals surface area contributed by atoms with E-state index in [-0.39, 0.29) is 11.7 Å². The molecule has 0 spiro atoms. The molecule has 1 aliphatic rings. The Hall–Kier alpha value is -2.82. The number of hydrogen-bond acceptors (Lipinski definition) is 2. The van der Waals surface area contributed by atoms with Crippen molar-refractivity contribution in [1.82, 2.24) is 9.88 Å². The highest BCUT2D eigenvalue weighted by molar-refractivity contribution is 5.94. The second kappa shape index (κ2) is 5.67. The Morgan fingerprint density at radius 3 is 3.00 bits per heavy atom. The summed E-state index contributed by atoms with van der Waals surface area (Å²) in [6, 6.07) is 12.0. The van der Waals surface area contributed by atoms with Crippen molar-refractivity contribution in [2.75, 3.05) is 13.7 Å². The fraction of sp³-hybridized carbons (Fsp3) is 0.211. The van der Waals surface area contributed by atoms with Crippen molar-refractivity contribution in [2.24, 2.45) is 0 Å². The molecule has 2 aromatic carbocycles. The second-order valence-corrected chi connectivity index (χ2v) is 6.11. The molecule has 2 heterocycles. The molecule has 0 saturated heterocycles. The van der Waals surface area contributed by atoms with Crippen molar-refractivity contribution in [3.8, 4) is 5.75 Å². The van der Waals surface area contributed by atoms with Gasteiger partial charge in [-0.25, -0.2) is 4.39 Å². The van der Waals surface area contributed by atoms with Crippen LogP contribution in [0.5, 0.6) is 5.75 Å². The predicted molar refractivity (Wildman–Crippen MR) is 89.7 cm³/mol. The van der Waals surface area contributed by atoms with Gasteiger partial charge in [-0.1, -0.05) is 0 Å². The highest BCUT2D eigenvalue weighted by Crippen LogP contribution is 2.26. The number of aromatic amines is 1. The van der Waals surface area contributed by atoms with Crippen LogP contribution in [0.1, 0.15) is 21.6 Å². The third kappa shape index (κ3) is 2.62.